The monoisotopic (exact) mass is 416 g/mol. The minimum atomic E-state index is -1.59. The van der Waals surface area contributed by atoms with Crippen molar-refractivity contribution in [2.75, 3.05) is 35.6 Å². The number of aromatic nitrogens is 3. The fraction of sp³-hybridized carbons (Fsp3) is 0.333. The summed E-state index contributed by atoms with van der Waals surface area (Å²) in [7, 11) is -1.59. The largest absolute Gasteiger partial charge is 0.426 e. The van der Waals surface area contributed by atoms with Crippen molar-refractivity contribution in [1.29, 1.82) is 0 Å². The number of benzene rings is 1. The molecule has 29 heavy (non-hydrogen) atoms. The highest BCUT2D eigenvalue weighted by Gasteiger charge is 2.21. The lowest BCUT2D eigenvalue weighted by atomic mass is 10.3. The van der Waals surface area contributed by atoms with Crippen molar-refractivity contribution < 1.29 is 14.3 Å². The fourth-order valence-electron chi connectivity index (χ4n) is 3.33. The molecule has 2 N–H and O–H groups in total. The fourth-order valence-corrected chi connectivity index (χ4v) is 4.29. The number of nitrogens with one attached hydrogen (secondary N) is 1. The van der Waals surface area contributed by atoms with Crippen LogP contribution in [0.1, 0.15) is 12.8 Å². The van der Waals surface area contributed by atoms with Crippen molar-refractivity contribution >= 4 is 39.2 Å². The van der Waals surface area contributed by atoms with Crippen LogP contribution >= 0.6 is 0 Å². The molecule has 10 nitrogen and oxygen atoms in total. The number of imidazole rings is 1. The Kier molecular flexibility index (Phi) is 5.30. The van der Waals surface area contributed by atoms with E-state index < -0.39 is 15.7 Å². The molecule has 1 aromatic carbocycles. The number of para-hydroxylation sites is 2. The van der Waals surface area contributed by atoms with Gasteiger partial charge in [0, 0.05) is 31.5 Å². The Morgan fingerprint density at radius 2 is 1.93 bits per heavy atom. The molecule has 0 amide bonds. The minimum absolute atomic E-state index is 0.0428. The second-order valence-corrected chi connectivity index (χ2v) is 8.12. The molecule has 1 aliphatic rings. The second kappa shape index (κ2) is 8.03. The van der Waals surface area contributed by atoms with Gasteiger partial charge in [-0.2, -0.15) is 4.73 Å². The van der Waals surface area contributed by atoms with E-state index in [0.29, 0.717) is 16.9 Å². The Morgan fingerprint density at radius 1 is 1.17 bits per heavy atom. The highest BCUT2D eigenvalue weighted by molar-refractivity contribution is 7.84. The van der Waals surface area contributed by atoms with Crippen LogP contribution in [0.3, 0.4) is 0 Å². The van der Waals surface area contributed by atoms with E-state index in [1.165, 1.54) is 6.07 Å². The summed E-state index contributed by atoms with van der Waals surface area (Å²) in [4.78, 5) is 21.5. The van der Waals surface area contributed by atoms with Crippen LogP contribution in [-0.4, -0.2) is 54.4 Å². The number of fused-ring (bicyclic) bond motifs is 1. The van der Waals surface area contributed by atoms with Gasteiger partial charge in [-0.1, -0.05) is 12.1 Å². The maximum Gasteiger partial charge on any atom is 0.311 e. The zero-order chi connectivity index (χ0) is 20.4. The van der Waals surface area contributed by atoms with Crippen molar-refractivity contribution in [2.45, 2.75) is 18.0 Å². The molecule has 1 unspecified atom stereocenters. The number of hydrogen-bond donors (Lipinski definition) is 2. The van der Waals surface area contributed by atoms with Gasteiger partial charge in [-0.3, -0.25) is 14.3 Å². The average Bonchev–Trinajstić information content (AvgIpc) is 3.36. The van der Waals surface area contributed by atoms with Crippen LogP contribution in [0.15, 0.2) is 41.6 Å². The van der Waals surface area contributed by atoms with Crippen molar-refractivity contribution in [1.82, 2.24) is 14.7 Å². The Bertz CT molecular complexity index is 1080. The summed E-state index contributed by atoms with van der Waals surface area (Å²) in [5, 5.41) is 24.5. The Labute approximate surface area is 168 Å². The summed E-state index contributed by atoms with van der Waals surface area (Å²) in [5.74, 6) is 0.944. The molecule has 11 heteroatoms. The molecule has 1 saturated heterocycles. The SMILES string of the molecule is O=[N+]([O-])c1ccc(N2CCCC2)nc1NCCS(=O)c1nc2ccccc2n1O. The van der Waals surface area contributed by atoms with Crippen LogP contribution in [0, 0.1) is 10.1 Å². The molecule has 1 aliphatic heterocycles. The topological polar surface area (TPSA) is 126 Å². The molecule has 0 spiro atoms. The number of pyridine rings is 1. The Hall–Kier alpha value is -3.21. The molecule has 1 fully saturated rings. The zero-order valence-electron chi connectivity index (χ0n) is 15.5. The van der Waals surface area contributed by atoms with E-state index in [9.17, 15) is 19.5 Å². The molecule has 0 aliphatic carbocycles. The molecule has 0 saturated carbocycles. The van der Waals surface area contributed by atoms with Crippen LogP contribution in [0.4, 0.5) is 17.3 Å². The number of nitro groups is 1. The van der Waals surface area contributed by atoms with Gasteiger partial charge in [-0.15, -0.1) is 0 Å². The summed E-state index contributed by atoms with van der Waals surface area (Å²) in [6.45, 7) is 1.93. The van der Waals surface area contributed by atoms with Gasteiger partial charge in [0.25, 0.3) is 0 Å². The summed E-state index contributed by atoms with van der Waals surface area (Å²) in [5.41, 5.74) is 0.884. The number of rotatable bonds is 7. The molecular formula is C18H20N6O4S. The molecule has 0 radical (unpaired) electrons. The maximum absolute atomic E-state index is 12.6. The van der Waals surface area contributed by atoms with E-state index in [1.807, 2.05) is 0 Å². The maximum atomic E-state index is 12.6. The molecular weight excluding hydrogens is 396 g/mol. The Balaban J connectivity index is 1.47. The average molecular weight is 416 g/mol. The van der Waals surface area contributed by atoms with Crippen LogP contribution in [0.2, 0.25) is 0 Å². The first-order chi connectivity index (χ1) is 14.0. The van der Waals surface area contributed by atoms with E-state index in [-0.39, 0.29) is 29.0 Å². The summed E-state index contributed by atoms with van der Waals surface area (Å²) in [6, 6.07) is 10.0. The first kappa shape index (κ1) is 19.1. The van der Waals surface area contributed by atoms with Gasteiger partial charge in [-0.25, -0.2) is 9.97 Å². The van der Waals surface area contributed by atoms with Gasteiger partial charge in [0.05, 0.1) is 21.2 Å². The predicted molar refractivity (Wildman–Crippen MR) is 109 cm³/mol. The quantitative estimate of drug-likeness (QED) is 0.342. The van der Waals surface area contributed by atoms with Crippen LogP contribution in [0.25, 0.3) is 11.0 Å². The smallest absolute Gasteiger partial charge is 0.311 e. The van der Waals surface area contributed by atoms with Crippen LogP contribution in [-0.2, 0) is 10.8 Å². The summed E-state index contributed by atoms with van der Waals surface area (Å²) < 4.78 is 13.4. The van der Waals surface area contributed by atoms with Gasteiger partial charge in [0.1, 0.15) is 11.3 Å². The Morgan fingerprint density at radius 3 is 2.66 bits per heavy atom. The molecule has 3 heterocycles. The van der Waals surface area contributed by atoms with Crippen LogP contribution < -0.4 is 10.2 Å². The summed E-state index contributed by atoms with van der Waals surface area (Å²) >= 11 is 0. The normalized spacial score (nSPS) is 15.0. The highest BCUT2D eigenvalue weighted by Crippen LogP contribution is 2.27. The van der Waals surface area contributed by atoms with E-state index in [2.05, 4.69) is 20.2 Å². The molecule has 1 atom stereocenters. The molecule has 152 valence electrons. The third kappa shape index (κ3) is 3.86. The third-order valence-corrected chi connectivity index (χ3v) is 6.02. The number of hydrogen-bond acceptors (Lipinski definition) is 8. The zero-order valence-corrected chi connectivity index (χ0v) is 16.3. The summed E-state index contributed by atoms with van der Waals surface area (Å²) in [6.07, 6.45) is 2.14. The third-order valence-electron chi connectivity index (χ3n) is 4.78. The van der Waals surface area contributed by atoms with Crippen LogP contribution in [0.5, 0.6) is 0 Å². The van der Waals surface area contributed by atoms with Crippen molar-refractivity contribution in [3.63, 3.8) is 0 Å². The van der Waals surface area contributed by atoms with Crippen molar-refractivity contribution in [2.24, 2.45) is 0 Å². The van der Waals surface area contributed by atoms with E-state index in [1.54, 1.807) is 30.3 Å². The van der Waals surface area contributed by atoms with E-state index >= 15 is 0 Å². The van der Waals surface area contributed by atoms with E-state index in [0.717, 1.165) is 30.7 Å². The molecule has 0 bridgehead atoms. The van der Waals surface area contributed by atoms with Gasteiger partial charge < -0.3 is 15.4 Å². The lowest BCUT2D eigenvalue weighted by Gasteiger charge is -2.17. The first-order valence-corrected chi connectivity index (χ1v) is 10.6. The van der Waals surface area contributed by atoms with Gasteiger partial charge in [0.2, 0.25) is 11.0 Å². The number of nitrogens with zero attached hydrogens (tertiary/aromatic N) is 5. The van der Waals surface area contributed by atoms with Crippen molar-refractivity contribution in [3.8, 4) is 0 Å². The van der Waals surface area contributed by atoms with Gasteiger partial charge in [0.15, 0.2) is 0 Å². The lowest BCUT2D eigenvalue weighted by molar-refractivity contribution is -0.384. The first-order valence-electron chi connectivity index (χ1n) is 9.24. The minimum Gasteiger partial charge on any atom is -0.426 e. The molecule has 2 aromatic heterocycles. The van der Waals surface area contributed by atoms with Crippen molar-refractivity contribution in [3.05, 3.63) is 46.5 Å². The van der Waals surface area contributed by atoms with Gasteiger partial charge >= 0.3 is 5.69 Å². The predicted octanol–water partition coefficient (Wildman–Crippen LogP) is 2.40. The lowest BCUT2D eigenvalue weighted by Crippen LogP contribution is -2.20. The van der Waals surface area contributed by atoms with E-state index in [4.69, 9.17) is 0 Å². The number of anilines is 2. The van der Waals surface area contributed by atoms with Gasteiger partial charge in [-0.05, 0) is 31.0 Å². The highest BCUT2D eigenvalue weighted by atomic mass is 32.2. The molecule has 4 rings (SSSR count). The molecule has 3 aromatic rings. The second-order valence-electron chi connectivity index (χ2n) is 6.66. The standard InChI is InChI=1S/C18H20N6O4S/c25-23-14-6-2-1-5-13(14)20-18(23)29(28)12-9-19-17-15(24(26)27)7-8-16(21-17)22-10-3-4-11-22/h1-2,5-8,25H,3-4,9-12H2,(H,19,21).